The third-order valence-electron chi connectivity index (χ3n) is 3.82. The van der Waals surface area contributed by atoms with Crippen molar-refractivity contribution >= 4 is 0 Å². The Bertz CT molecular complexity index is 491. The highest BCUT2D eigenvalue weighted by atomic mass is 14.9. The van der Waals surface area contributed by atoms with E-state index in [1.165, 1.54) is 16.7 Å². The second-order valence-electron chi connectivity index (χ2n) is 5.30. The van der Waals surface area contributed by atoms with Gasteiger partial charge in [0.15, 0.2) is 0 Å². The van der Waals surface area contributed by atoms with Gasteiger partial charge in [-0.2, -0.15) is 0 Å². The molecule has 0 bridgehead atoms. The summed E-state index contributed by atoms with van der Waals surface area (Å²) in [6, 6.07) is 21.8. The van der Waals surface area contributed by atoms with Crippen LogP contribution < -0.4 is 5.32 Å². The van der Waals surface area contributed by atoms with E-state index in [9.17, 15) is 0 Å². The Morgan fingerprint density at radius 1 is 0.950 bits per heavy atom. The average Bonchev–Trinajstić information content (AvgIpc) is 2.50. The molecule has 104 valence electrons. The topological polar surface area (TPSA) is 12.0 Å². The third kappa shape index (κ3) is 3.58. The average molecular weight is 265 g/mol. The molecule has 0 aliphatic rings. The minimum absolute atomic E-state index is 0.334. The van der Waals surface area contributed by atoms with Gasteiger partial charge in [-0.15, -0.1) is 0 Å². The minimum atomic E-state index is 0.334. The van der Waals surface area contributed by atoms with Gasteiger partial charge in [-0.1, -0.05) is 72.8 Å². The van der Waals surface area contributed by atoms with Gasteiger partial charge in [-0.25, -0.2) is 0 Å². The lowest BCUT2D eigenvalue weighted by Gasteiger charge is -2.24. The fraction of sp³-hybridized carbons (Fsp3) is 0.263. The van der Waals surface area contributed by atoms with E-state index >= 15 is 0 Å². The molecule has 0 fully saturated rings. The molecule has 1 nitrogen and oxygen atoms in total. The predicted molar refractivity (Wildman–Crippen MR) is 87.0 cm³/mol. The van der Waals surface area contributed by atoms with Gasteiger partial charge >= 0.3 is 0 Å². The number of benzene rings is 2. The molecule has 2 aromatic rings. The van der Waals surface area contributed by atoms with E-state index in [0.29, 0.717) is 12.0 Å². The van der Waals surface area contributed by atoms with Crippen molar-refractivity contribution in [3.63, 3.8) is 0 Å². The van der Waals surface area contributed by atoms with Crippen LogP contribution in [0.25, 0.3) is 0 Å². The molecule has 20 heavy (non-hydrogen) atoms. The Labute approximate surface area is 122 Å². The molecule has 0 heterocycles. The zero-order chi connectivity index (χ0) is 14.4. The molecule has 0 aliphatic heterocycles. The SMILES string of the molecule is C=C(C)[C@H](CC(c1ccccc1)c1ccccc1)NC. The van der Waals surface area contributed by atoms with Crippen molar-refractivity contribution in [2.24, 2.45) is 0 Å². The Morgan fingerprint density at radius 3 is 1.75 bits per heavy atom. The van der Waals surface area contributed by atoms with Crippen molar-refractivity contribution in [3.05, 3.63) is 83.9 Å². The first-order valence-corrected chi connectivity index (χ1v) is 7.15. The number of hydrogen-bond donors (Lipinski definition) is 1. The molecule has 0 saturated heterocycles. The van der Waals surface area contributed by atoms with Crippen LogP contribution in [0.2, 0.25) is 0 Å². The number of hydrogen-bond acceptors (Lipinski definition) is 1. The van der Waals surface area contributed by atoms with E-state index in [1.54, 1.807) is 0 Å². The molecule has 0 aromatic heterocycles. The summed E-state index contributed by atoms with van der Waals surface area (Å²) in [5.41, 5.74) is 3.91. The van der Waals surface area contributed by atoms with Crippen LogP contribution in [0.3, 0.4) is 0 Å². The first-order chi connectivity index (χ1) is 9.72. The molecule has 0 saturated carbocycles. The largest absolute Gasteiger partial charge is 0.313 e. The fourth-order valence-corrected chi connectivity index (χ4v) is 2.64. The maximum Gasteiger partial charge on any atom is 0.0280 e. The van der Waals surface area contributed by atoms with Crippen molar-refractivity contribution in [1.29, 1.82) is 0 Å². The molecule has 0 radical (unpaired) electrons. The van der Waals surface area contributed by atoms with Gasteiger partial charge in [0.1, 0.15) is 0 Å². The smallest absolute Gasteiger partial charge is 0.0280 e. The van der Waals surface area contributed by atoms with E-state index in [2.05, 4.69) is 79.5 Å². The normalized spacial score (nSPS) is 12.3. The van der Waals surface area contributed by atoms with E-state index < -0.39 is 0 Å². The van der Waals surface area contributed by atoms with Crippen molar-refractivity contribution in [1.82, 2.24) is 5.32 Å². The second kappa shape index (κ2) is 7.06. The summed E-state index contributed by atoms with van der Waals surface area (Å²) in [5, 5.41) is 3.37. The van der Waals surface area contributed by atoms with Crippen molar-refractivity contribution in [2.45, 2.75) is 25.3 Å². The Kier molecular flexibility index (Phi) is 5.14. The zero-order valence-electron chi connectivity index (χ0n) is 12.3. The predicted octanol–water partition coefficient (Wildman–Crippen LogP) is 4.37. The van der Waals surface area contributed by atoms with Gasteiger partial charge in [0, 0.05) is 12.0 Å². The van der Waals surface area contributed by atoms with E-state index in [1.807, 2.05) is 7.05 Å². The molecule has 1 atom stereocenters. The quantitative estimate of drug-likeness (QED) is 0.765. The first-order valence-electron chi connectivity index (χ1n) is 7.15. The highest BCUT2D eigenvalue weighted by molar-refractivity contribution is 5.33. The molecule has 2 rings (SSSR count). The zero-order valence-corrected chi connectivity index (χ0v) is 12.3. The highest BCUT2D eigenvalue weighted by Crippen LogP contribution is 2.30. The monoisotopic (exact) mass is 265 g/mol. The lowest BCUT2D eigenvalue weighted by atomic mass is 9.84. The van der Waals surface area contributed by atoms with Crippen LogP contribution in [-0.2, 0) is 0 Å². The second-order valence-corrected chi connectivity index (χ2v) is 5.30. The summed E-state index contributed by atoms with van der Waals surface area (Å²) < 4.78 is 0. The van der Waals surface area contributed by atoms with Gasteiger partial charge in [0.25, 0.3) is 0 Å². The van der Waals surface area contributed by atoms with Gasteiger partial charge in [0.05, 0.1) is 0 Å². The van der Waals surface area contributed by atoms with E-state index in [0.717, 1.165) is 6.42 Å². The summed E-state index contributed by atoms with van der Waals surface area (Å²) in [4.78, 5) is 0. The van der Waals surface area contributed by atoms with Crippen LogP contribution in [-0.4, -0.2) is 13.1 Å². The highest BCUT2D eigenvalue weighted by Gasteiger charge is 2.19. The fourth-order valence-electron chi connectivity index (χ4n) is 2.64. The standard InChI is InChI=1S/C19H23N/c1-15(2)19(20-3)14-18(16-10-6-4-7-11-16)17-12-8-5-9-13-17/h4-13,18-20H,1,14H2,2-3H3/t19-/m0/s1. The van der Waals surface area contributed by atoms with Crippen molar-refractivity contribution < 1.29 is 0 Å². The summed E-state index contributed by atoms with van der Waals surface area (Å²) in [7, 11) is 2.01. The Morgan fingerprint density at radius 2 is 1.40 bits per heavy atom. The lowest BCUT2D eigenvalue weighted by molar-refractivity contribution is 0.551. The molecule has 0 amide bonds. The van der Waals surface area contributed by atoms with Crippen molar-refractivity contribution in [2.75, 3.05) is 7.05 Å². The maximum absolute atomic E-state index is 4.10. The molecule has 0 unspecified atom stereocenters. The Balaban J connectivity index is 2.32. The molecule has 0 spiro atoms. The van der Waals surface area contributed by atoms with Crippen LogP contribution in [0.5, 0.6) is 0 Å². The number of likely N-dealkylation sites (N-methyl/N-ethyl adjacent to an activating group) is 1. The van der Waals surface area contributed by atoms with Crippen LogP contribution in [0.4, 0.5) is 0 Å². The molecular formula is C19H23N. The molecule has 1 heteroatoms. The molecule has 1 N–H and O–H groups in total. The third-order valence-corrected chi connectivity index (χ3v) is 3.82. The Hall–Kier alpha value is -1.86. The van der Waals surface area contributed by atoms with E-state index in [4.69, 9.17) is 0 Å². The molecule has 0 aliphatic carbocycles. The maximum atomic E-state index is 4.10. The van der Waals surface area contributed by atoms with E-state index in [-0.39, 0.29) is 0 Å². The lowest BCUT2D eigenvalue weighted by Crippen LogP contribution is -2.28. The van der Waals surface area contributed by atoms with Crippen LogP contribution >= 0.6 is 0 Å². The van der Waals surface area contributed by atoms with Gasteiger partial charge in [-0.05, 0) is 31.5 Å². The summed E-state index contributed by atoms with van der Waals surface area (Å²) in [5.74, 6) is 0.395. The van der Waals surface area contributed by atoms with Gasteiger partial charge < -0.3 is 5.32 Å². The van der Waals surface area contributed by atoms with Crippen molar-refractivity contribution in [3.8, 4) is 0 Å². The van der Waals surface area contributed by atoms with Crippen LogP contribution in [0, 0.1) is 0 Å². The summed E-state index contributed by atoms with van der Waals surface area (Å²) in [6.45, 7) is 6.20. The van der Waals surface area contributed by atoms with Crippen LogP contribution in [0.1, 0.15) is 30.4 Å². The summed E-state index contributed by atoms with van der Waals surface area (Å²) in [6.07, 6.45) is 1.03. The van der Waals surface area contributed by atoms with Gasteiger partial charge in [0.2, 0.25) is 0 Å². The summed E-state index contributed by atoms with van der Waals surface area (Å²) >= 11 is 0. The first kappa shape index (κ1) is 14.5. The number of nitrogens with one attached hydrogen (secondary N) is 1. The van der Waals surface area contributed by atoms with Crippen LogP contribution in [0.15, 0.2) is 72.8 Å². The molecular weight excluding hydrogens is 242 g/mol. The van der Waals surface area contributed by atoms with Gasteiger partial charge in [-0.3, -0.25) is 0 Å². The molecule has 2 aromatic carbocycles. The minimum Gasteiger partial charge on any atom is -0.313 e. The number of rotatable bonds is 6.